The third kappa shape index (κ3) is 5.09. The molecule has 2 fully saturated rings. The average Bonchev–Trinajstić information content (AvgIpc) is 3.26. The maximum absolute atomic E-state index is 15.7. The summed E-state index contributed by atoms with van der Waals surface area (Å²) in [6.45, 7) is 5.75. The predicted molar refractivity (Wildman–Crippen MR) is 122 cm³/mol. The molecule has 2 saturated heterocycles. The fraction of sp³-hybridized carbons (Fsp3) is 0.571. The molecule has 2 aromatic heterocycles. The highest BCUT2D eigenvalue weighted by Gasteiger charge is 2.41. The molecule has 4 N–H and O–H groups in total. The summed E-state index contributed by atoms with van der Waals surface area (Å²) in [4.78, 5) is 32.5. The van der Waals surface area contributed by atoms with Gasteiger partial charge in [0.05, 0.1) is 31.5 Å². The zero-order valence-electron chi connectivity index (χ0n) is 19.2. The van der Waals surface area contributed by atoms with Crippen LogP contribution in [0.1, 0.15) is 20.3 Å². The summed E-state index contributed by atoms with van der Waals surface area (Å²) in [6, 6.07) is 0. The number of nitrogens with one attached hydrogen (secondary N) is 1. The molecule has 2 aromatic rings. The van der Waals surface area contributed by atoms with Gasteiger partial charge in [0.25, 0.3) is 0 Å². The second-order valence-electron chi connectivity index (χ2n) is 8.63. The van der Waals surface area contributed by atoms with Crippen LogP contribution in [-0.4, -0.2) is 93.7 Å². The van der Waals surface area contributed by atoms with Gasteiger partial charge in [-0.3, -0.25) is 0 Å². The van der Waals surface area contributed by atoms with Crippen LogP contribution < -0.4 is 16.0 Å². The van der Waals surface area contributed by atoms with Gasteiger partial charge in [-0.25, -0.2) is 24.1 Å². The Bertz CT molecular complexity index is 1020. The summed E-state index contributed by atoms with van der Waals surface area (Å²) in [5.41, 5.74) is 4.91. The van der Waals surface area contributed by atoms with Crippen molar-refractivity contribution in [3.63, 3.8) is 0 Å². The van der Waals surface area contributed by atoms with Gasteiger partial charge in [0, 0.05) is 44.1 Å². The molecule has 0 saturated carbocycles. The second kappa shape index (κ2) is 9.89. The van der Waals surface area contributed by atoms with Gasteiger partial charge in [0.1, 0.15) is 5.69 Å². The Morgan fingerprint density at radius 3 is 2.65 bits per heavy atom. The van der Waals surface area contributed by atoms with Crippen LogP contribution in [0.4, 0.5) is 26.9 Å². The minimum atomic E-state index is -0.998. The number of halogens is 1. The standard InChI is InChI=1S/C21H29FN8O4/c1-13(2)34-20(32)30-4-3-21(11-30,12-31)28-17-15(22)16(14-9-24-18(23)25-10-14)26-19(27-17)29-5-7-33-8-6-29/h9-10,13,31H,3-8,11-12H2,1-2H3,(H2,23,24,25)(H,26,27,28)/t21-/m0/s1. The number of carbonyl (C=O) groups is 1. The number of carbonyl (C=O) groups excluding carboxylic acids is 1. The molecule has 0 bridgehead atoms. The average molecular weight is 477 g/mol. The van der Waals surface area contributed by atoms with Crippen molar-refractivity contribution in [1.29, 1.82) is 0 Å². The number of aromatic nitrogens is 4. The molecule has 12 nitrogen and oxygen atoms in total. The number of rotatable bonds is 6. The number of nitrogens with zero attached hydrogens (tertiary/aromatic N) is 6. The van der Waals surface area contributed by atoms with Crippen molar-refractivity contribution < 1.29 is 23.8 Å². The van der Waals surface area contributed by atoms with E-state index in [2.05, 4.69) is 25.3 Å². The van der Waals surface area contributed by atoms with Gasteiger partial charge in [-0.05, 0) is 20.3 Å². The van der Waals surface area contributed by atoms with Gasteiger partial charge in [-0.2, -0.15) is 4.98 Å². The molecule has 2 aliphatic rings. The van der Waals surface area contributed by atoms with E-state index in [1.165, 1.54) is 17.3 Å². The zero-order chi connectivity index (χ0) is 24.3. The molecular weight excluding hydrogens is 447 g/mol. The molecule has 0 aromatic carbocycles. The van der Waals surface area contributed by atoms with E-state index in [1.54, 1.807) is 13.8 Å². The van der Waals surface area contributed by atoms with Crippen LogP contribution in [0.2, 0.25) is 0 Å². The Hall–Kier alpha value is -3.32. The lowest BCUT2D eigenvalue weighted by Crippen LogP contribution is -2.46. The summed E-state index contributed by atoms with van der Waals surface area (Å²) in [7, 11) is 0. The molecule has 1 atom stereocenters. The van der Waals surface area contributed by atoms with Crippen molar-refractivity contribution in [2.75, 3.05) is 62.0 Å². The van der Waals surface area contributed by atoms with Gasteiger partial charge in [-0.1, -0.05) is 0 Å². The third-order valence-electron chi connectivity index (χ3n) is 5.71. The molecule has 0 aliphatic carbocycles. The van der Waals surface area contributed by atoms with Crippen molar-refractivity contribution in [2.24, 2.45) is 0 Å². The zero-order valence-corrected chi connectivity index (χ0v) is 19.2. The van der Waals surface area contributed by atoms with E-state index in [0.29, 0.717) is 50.8 Å². The molecule has 4 heterocycles. The first-order valence-corrected chi connectivity index (χ1v) is 11.1. The Labute approximate surface area is 196 Å². The maximum atomic E-state index is 15.7. The Balaban J connectivity index is 1.67. The highest BCUT2D eigenvalue weighted by atomic mass is 19.1. The normalized spacial score (nSPS) is 20.6. The largest absolute Gasteiger partial charge is 0.447 e. The maximum Gasteiger partial charge on any atom is 0.410 e. The molecule has 2 aliphatic heterocycles. The third-order valence-corrected chi connectivity index (χ3v) is 5.71. The van der Waals surface area contributed by atoms with E-state index < -0.39 is 17.4 Å². The number of hydrogen-bond acceptors (Lipinski definition) is 11. The number of nitrogens with two attached hydrogens (primary N) is 1. The number of amides is 1. The van der Waals surface area contributed by atoms with Gasteiger partial charge < -0.3 is 35.4 Å². The first kappa shape index (κ1) is 23.8. The fourth-order valence-corrected chi connectivity index (χ4v) is 3.90. The minimum absolute atomic E-state index is 0.00107. The van der Waals surface area contributed by atoms with Gasteiger partial charge in [-0.15, -0.1) is 0 Å². The summed E-state index contributed by atoms with van der Waals surface area (Å²) in [6.07, 6.45) is 2.41. The number of aliphatic hydroxyl groups is 1. The lowest BCUT2D eigenvalue weighted by molar-refractivity contribution is 0.0810. The SMILES string of the molecule is CC(C)OC(=O)N1CC[C@](CO)(Nc2nc(N3CCOCC3)nc(-c3cnc(N)nc3)c2F)C1. The van der Waals surface area contributed by atoms with Crippen LogP contribution >= 0.6 is 0 Å². The summed E-state index contributed by atoms with van der Waals surface area (Å²) in [5.74, 6) is -0.442. The lowest BCUT2D eigenvalue weighted by Gasteiger charge is -2.31. The van der Waals surface area contributed by atoms with Crippen LogP contribution in [0.15, 0.2) is 12.4 Å². The van der Waals surface area contributed by atoms with Crippen LogP contribution in [0.3, 0.4) is 0 Å². The number of ether oxygens (including phenoxy) is 2. The molecular formula is C21H29FN8O4. The molecule has 1 amide bonds. The van der Waals surface area contributed by atoms with E-state index in [1.807, 2.05) is 4.90 Å². The van der Waals surface area contributed by atoms with Crippen molar-refractivity contribution in [3.8, 4) is 11.3 Å². The van der Waals surface area contributed by atoms with E-state index >= 15 is 4.39 Å². The van der Waals surface area contributed by atoms with E-state index in [-0.39, 0.29) is 36.7 Å². The Kier molecular flexibility index (Phi) is 6.93. The van der Waals surface area contributed by atoms with Crippen molar-refractivity contribution >= 4 is 23.8 Å². The molecule has 0 radical (unpaired) electrons. The first-order chi connectivity index (χ1) is 16.3. The van der Waals surface area contributed by atoms with Crippen molar-refractivity contribution in [3.05, 3.63) is 18.2 Å². The van der Waals surface area contributed by atoms with Crippen LogP contribution in [0.25, 0.3) is 11.3 Å². The summed E-state index contributed by atoms with van der Waals surface area (Å²) >= 11 is 0. The van der Waals surface area contributed by atoms with Gasteiger partial charge in [0.2, 0.25) is 11.9 Å². The Morgan fingerprint density at radius 2 is 2.00 bits per heavy atom. The number of aliphatic hydroxyl groups excluding tert-OH is 1. The second-order valence-corrected chi connectivity index (χ2v) is 8.63. The molecule has 34 heavy (non-hydrogen) atoms. The topological polar surface area (TPSA) is 152 Å². The minimum Gasteiger partial charge on any atom is -0.447 e. The number of hydrogen-bond donors (Lipinski definition) is 3. The molecule has 0 unspecified atom stereocenters. The van der Waals surface area contributed by atoms with Gasteiger partial charge in [0.15, 0.2) is 11.6 Å². The van der Waals surface area contributed by atoms with Crippen molar-refractivity contribution in [1.82, 2.24) is 24.8 Å². The monoisotopic (exact) mass is 476 g/mol. The highest BCUT2D eigenvalue weighted by molar-refractivity contribution is 5.69. The van der Waals surface area contributed by atoms with Crippen LogP contribution in [-0.2, 0) is 9.47 Å². The molecule has 184 valence electrons. The lowest BCUT2D eigenvalue weighted by atomic mass is 10.00. The number of anilines is 3. The quantitative estimate of drug-likeness (QED) is 0.545. The smallest absolute Gasteiger partial charge is 0.410 e. The van der Waals surface area contributed by atoms with E-state index in [9.17, 15) is 9.90 Å². The fourth-order valence-electron chi connectivity index (χ4n) is 3.90. The van der Waals surface area contributed by atoms with E-state index in [0.717, 1.165) is 0 Å². The first-order valence-electron chi connectivity index (χ1n) is 11.1. The molecule has 0 spiro atoms. The number of likely N-dealkylation sites (tertiary alicyclic amines) is 1. The summed E-state index contributed by atoms with van der Waals surface area (Å²) < 4.78 is 26.4. The Morgan fingerprint density at radius 1 is 1.29 bits per heavy atom. The molecule has 4 rings (SSSR count). The highest BCUT2D eigenvalue weighted by Crippen LogP contribution is 2.32. The van der Waals surface area contributed by atoms with Crippen LogP contribution in [0.5, 0.6) is 0 Å². The number of nitrogen functional groups attached to an aromatic ring is 1. The van der Waals surface area contributed by atoms with E-state index in [4.69, 9.17) is 15.2 Å². The van der Waals surface area contributed by atoms with Crippen LogP contribution in [0, 0.1) is 5.82 Å². The molecule has 13 heteroatoms. The summed E-state index contributed by atoms with van der Waals surface area (Å²) in [5, 5.41) is 13.3. The number of morpholine rings is 1. The van der Waals surface area contributed by atoms with Gasteiger partial charge >= 0.3 is 6.09 Å². The van der Waals surface area contributed by atoms with Crippen molar-refractivity contribution in [2.45, 2.75) is 31.9 Å². The predicted octanol–water partition coefficient (Wildman–Crippen LogP) is 0.885.